The Morgan fingerprint density at radius 2 is 1.31 bits per heavy atom. The standard InChI is InChI=1S/C27H31ClFN5O4.2C6H8O7/c1-36-10-9-34-7-5-18(6-8-34)13-26(35)33-24-15-20-23(16-25(24)38-12-11-37-2)30-17-31-27(20)32-19-3-4-22(29)21(28)14-19;2*7-3(8)1-6(13,5(11)12)2-4(9)10/h3-4,13-17H,5-12H2,1-2H3,(H,33,35)(H,30,31,32);2*13H,1-2H2,(H,7,8)(H,9,10)(H,11,12). The number of benzene rings is 2. The van der Waals surface area contributed by atoms with E-state index in [4.69, 9.17) is 66.7 Å². The zero-order valence-corrected chi connectivity index (χ0v) is 35.0. The van der Waals surface area contributed by atoms with Crippen LogP contribution in [0.15, 0.2) is 48.3 Å². The topological polar surface area (TPSA) is 362 Å². The van der Waals surface area contributed by atoms with E-state index >= 15 is 0 Å². The van der Waals surface area contributed by atoms with Gasteiger partial charge in [-0.15, -0.1) is 0 Å². The van der Waals surface area contributed by atoms with Crippen LogP contribution in [-0.2, 0) is 43.0 Å². The molecule has 0 unspecified atom stereocenters. The number of aliphatic hydroxyl groups is 2. The van der Waals surface area contributed by atoms with Gasteiger partial charge in [0.15, 0.2) is 11.2 Å². The van der Waals surface area contributed by atoms with Crippen LogP contribution in [0, 0.1) is 5.82 Å². The quantitative estimate of drug-likeness (QED) is 0.0541. The monoisotopic (exact) mass is 927 g/mol. The molecule has 1 aromatic heterocycles. The predicted octanol–water partition coefficient (Wildman–Crippen LogP) is 2.30. The largest absolute Gasteiger partial charge is 0.489 e. The number of anilines is 3. The normalized spacial score (nSPS) is 12.7. The molecule has 1 amide bonds. The first-order valence-corrected chi connectivity index (χ1v) is 19.0. The highest BCUT2D eigenvalue weighted by Gasteiger charge is 2.41. The fourth-order valence-corrected chi connectivity index (χ4v) is 5.74. The summed E-state index contributed by atoms with van der Waals surface area (Å²) >= 11 is 5.94. The number of hydrogen-bond donors (Lipinski definition) is 10. The molecule has 350 valence electrons. The van der Waals surface area contributed by atoms with E-state index in [1.165, 1.54) is 18.5 Å². The summed E-state index contributed by atoms with van der Waals surface area (Å²) < 4.78 is 29.8. The average molecular weight is 928 g/mol. The number of piperidine rings is 1. The van der Waals surface area contributed by atoms with Crippen molar-refractivity contribution in [3.63, 3.8) is 0 Å². The average Bonchev–Trinajstić information content (AvgIpc) is 3.18. The van der Waals surface area contributed by atoms with Crippen molar-refractivity contribution < 1.29 is 93.0 Å². The summed E-state index contributed by atoms with van der Waals surface area (Å²) in [5.41, 5.74) is -2.75. The number of nitrogens with one attached hydrogen (secondary N) is 2. The van der Waals surface area contributed by atoms with Crippen molar-refractivity contribution in [1.29, 1.82) is 0 Å². The Balaban J connectivity index is 0.000000444. The van der Waals surface area contributed by atoms with Crippen molar-refractivity contribution in [3.8, 4) is 5.75 Å². The molecule has 0 bridgehead atoms. The number of methoxy groups -OCH3 is 2. The Kier molecular flexibility index (Phi) is 21.4. The highest BCUT2D eigenvalue weighted by molar-refractivity contribution is 6.31. The SMILES string of the molecule is COCCOc1cc2ncnc(Nc3ccc(F)c(Cl)c3)c2cc1NC(=O)C=C1CCN(CCOC)CC1.O=C(O)CC(O)(CC(=O)O)C(=O)O.O=C(O)CC(O)(CC(=O)O)C(=O)O. The Morgan fingerprint density at radius 1 is 0.781 bits per heavy atom. The number of aromatic nitrogens is 2. The third kappa shape index (κ3) is 18.0. The minimum atomic E-state index is -2.74. The van der Waals surface area contributed by atoms with Crippen molar-refractivity contribution in [1.82, 2.24) is 14.9 Å². The van der Waals surface area contributed by atoms with Crippen molar-refractivity contribution in [2.24, 2.45) is 0 Å². The van der Waals surface area contributed by atoms with Gasteiger partial charge in [0.1, 0.15) is 30.3 Å². The summed E-state index contributed by atoms with van der Waals surface area (Å²) in [5, 5.41) is 74.4. The first kappa shape index (κ1) is 53.6. The van der Waals surface area contributed by atoms with Gasteiger partial charge in [-0.3, -0.25) is 24.0 Å². The van der Waals surface area contributed by atoms with Crippen LogP contribution in [0.5, 0.6) is 5.75 Å². The molecule has 4 rings (SSSR count). The van der Waals surface area contributed by atoms with Gasteiger partial charge in [-0.05, 0) is 37.1 Å². The van der Waals surface area contributed by atoms with Crippen LogP contribution in [0.1, 0.15) is 38.5 Å². The second kappa shape index (κ2) is 25.5. The third-order valence-electron chi connectivity index (χ3n) is 8.74. The van der Waals surface area contributed by atoms with E-state index in [-0.39, 0.29) is 10.9 Å². The lowest BCUT2D eigenvalue weighted by Crippen LogP contribution is -2.42. The van der Waals surface area contributed by atoms with Gasteiger partial charge >= 0.3 is 35.8 Å². The number of carbonyl (C=O) groups excluding carboxylic acids is 1. The van der Waals surface area contributed by atoms with Gasteiger partial charge in [-0.1, -0.05) is 17.2 Å². The Morgan fingerprint density at radius 3 is 1.78 bits per heavy atom. The van der Waals surface area contributed by atoms with Gasteiger partial charge in [0.25, 0.3) is 0 Å². The number of ether oxygens (including phenoxy) is 3. The van der Waals surface area contributed by atoms with Crippen molar-refractivity contribution >= 4 is 81.4 Å². The molecule has 1 saturated heterocycles. The minimum Gasteiger partial charge on any atom is -0.489 e. The number of amides is 1. The lowest BCUT2D eigenvalue weighted by molar-refractivity contribution is -0.170. The van der Waals surface area contributed by atoms with E-state index in [0.29, 0.717) is 53.7 Å². The molecule has 0 radical (unpaired) electrons. The number of nitrogens with zero attached hydrogens (tertiary/aromatic N) is 3. The maximum absolute atomic E-state index is 13.6. The number of likely N-dealkylation sites (tertiary alicyclic amines) is 1. The molecule has 1 aliphatic heterocycles. The minimum absolute atomic E-state index is 0.00675. The highest BCUT2D eigenvalue weighted by Crippen LogP contribution is 2.34. The maximum Gasteiger partial charge on any atom is 0.336 e. The van der Waals surface area contributed by atoms with Gasteiger partial charge < -0.3 is 70.6 Å². The number of carbonyl (C=O) groups is 7. The third-order valence-corrected chi connectivity index (χ3v) is 9.03. The summed E-state index contributed by atoms with van der Waals surface area (Å²) in [5.74, 6) is -9.85. The molecule has 0 spiro atoms. The maximum atomic E-state index is 13.6. The number of rotatable bonds is 21. The van der Waals surface area contributed by atoms with E-state index in [1.54, 1.807) is 38.5 Å². The Bertz CT molecular complexity index is 2100. The Labute approximate surface area is 367 Å². The van der Waals surface area contributed by atoms with Crippen LogP contribution in [-0.4, -0.2) is 162 Å². The van der Waals surface area contributed by atoms with E-state index in [0.717, 1.165) is 38.0 Å². The van der Waals surface area contributed by atoms with E-state index in [9.17, 15) is 38.0 Å². The van der Waals surface area contributed by atoms with Gasteiger partial charge in [0.2, 0.25) is 5.91 Å². The number of aliphatic carboxylic acids is 6. The zero-order valence-electron chi connectivity index (χ0n) is 34.3. The number of halogens is 2. The van der Waals surface area contributed by atoms with Crippen LogP contribution < -0.4 is 15.4 Å². The molecular weight excluding hydrogens is 881 g/mol. The first-order chi connectivity index (χ1) is 30.0. The molecule has 0 saturated carbocycles. The molecular formula is C39H47ClFN5O18. The predicted molar refractivity (Wildman–Crippen MR) is 220 cm³/mol. The molecule has 25 heteroatoms. The smallest absolute Gasteiger partial charge is 0.336 e. The van der Waals surface area contributed by atoms with Gasteiger partial charge in [-0.2, -0.15) is 0 Å². The van der Waals surface area contributed by atoms with Crippen molar-refractivity contribution in [2.45, 2.75) is 49.7 Å². The van der Waals surface area contributed by atoms with Crippen LogP contribution in [0.4, 0.5) is 21.6 Å². The summed E-state index contributed by atoms with van der Waals surface area (Å²) in [6.07, 6.45) is 0.156. The highest BCUT2D eigenvalue weighted by atomic mass is 35.5. The summed E-state index contributed by atoms with van der Waals surface area (Å²) in [7, 11) is 3.29. The number of carboxylic acid groups (broad SMARTS) is 6. The van der Waals surface area contributed by atoms with E-state index < -0.39 is 78.5 Å². The van der Waals surface area contributed by atoms with Gasteiger partial charge in [-0.25, -0.2) is 23.9 Å². The zero-order chi connectivity index (χ0) is 48.2. The molecule has 2 heterocycles. The van der Waals surface area contributed by atoms with E-state index in [2.05, 4.69) is 25.5 Å². The summed E-state index contributed by atoms with van der Waals surface area (Å²) in [6.45, 7) is 4.05. The lowest BCUT2D eigenvalue weighted by atomic mass is 9.96. The van der Waals surface area contributed by atoms with Crippen LogP contribution in [0.25, 0.3) is 10.9 Å². The van der Waals surface area contributed by atoms with Crippen molar-refractivity contribution in [2.75, 3.05) is 64.3 Å². The molecule has 2 aromatic carbocycles. The first-order valence-electron chi connectivity index (χ1n) is 18.7. The van der Waals surface area contributed by atoms with E-state index in [1.807, 2.05) is 0 Å². The second-order valence-electron chi connectivity index (χ2n) is 13.8. The lowest BCUT2D eigenvalue weighted by Gasteiger charge is -2.27. The summed E-state index contributed by atoms with van der Waals surface area (Å²) in [6, 6.07) is 7.81. The molecule has 3 aromatic rings. The fourth-order valence-electron chi connectivity index (χ4n) is 5.56. The Hall–Kier alpha value is -6.57. The number of fused-ring (bicyclic) bond motifs is 1. The molecule has 0 aliphatic carbocycles. The molecule has 64 heavy (non-hydrogen) atoms. The van der Waals surface area contributed by atoms with Crippen molar-refractivity contribution in [3.05, 3.63) is 59.1 Å². The molecule has 1 fully saturated rings. The molecule has 0 atom stereocenters. The molecule has 23 nitrogen and oxygen atoms in total. The van der Waals surface area contributed by atoms with Crippen LogP contribution >= 0.6 is 11.6 Å². The van der Waals surface area contributed by atoms with Crippen LogP contribution in [0.3, 0.4) is 0 Å². The summed E-state index contributed by atoms with van der Waals surface area (Å²) in [4.78, 5) is 85.0. The number of carboxylic acids is 6. The fraction of sp³-hybridized carbons (Fsp3) is 0.410. The van der Waals surface area contributed by atoms with Crippen LogP contribution in [0.2, 0.25) is 5.02 Å². The van der Waals surface area contributed by atoms with Gasteiger partial charge in [0.05, 0.1) is 55.1 Å². The number of hydrogen-bond acceptors (Lipinski definition) is 16. The van der Waals surface area contributed by atoms with Gasteiger partial charge in [0, 0.05) is 57.1 Å². The molecule has 1 aliphatic rings. The molecule has 10 N–H and O–H groups in total. The second-order valence-corrected chi connectivity index (χ2v) is 14.2.